The fourth-order valence-electron chi connectivity index (χ4n) is 4.57. The molecule has 5 heteroatoms. The van der Waals surface area contributed by atoms with E-state index in [0.717, 1.165) is 36.9 Å². The molecule has 2 aliphatic rings. The first kappa shape index (κ1) is 18.7. The van der Waals surface area contributed by atoms with E-state index >= 15 is 0 Å². The molecule has 0 aliphatic carbocycles. The fraction of sp³-hybridized carbons (Fsp3) is 0.280. The SMILES string of the molecule is O=C(OCc1ccccc1)N1C2C=C(c3ccc(-n4cccn4)cc3)CC1CCC2. The maximum Gasteiger partial charge on any atom is 0.410 e. The highest BCUT2D eigenvalue weighted by Gasteiger charge is 2.38. The summed E-state index contributed by atoms with van der Waals surface area (Å²) in [5.41, 5.74) is 4.61. The van der Waals surface area contributed by atoms with Gasteiger partial charge >= 0.3 is 6.09 Å². The number of hydrogen-bond acceptors (Lipinski definition) is 3. The molecule has 1 aromatic heterocycles. The van der Waals surface area contributed by atoms with Crippen LogP contribution in [0.3, 0.4) is 0 Å². The van der Waals surface area contributed by atoms with Gasteiger partial charge in [0, 0.05) is 18.4 Å². The summed E-state index contributed by atoms with van der Waals surface area (Å²) < 4.78 is 7.51. The summed E-state index contributed by atoms with van der Waals surface area (Å²) in [6.45, 7) is 0.321. The molecule has 0 N–H and O–H groups in total. The fourth-order valence-corrected chi connectivity index (χ4v) is 4.57. The molecular weight excluding hydrogens is 374 g/mol. The number of aromatic nitrogens is 2. The standard InChI is InChI=1S/C25H25N3O2/c29-25(30-18-19-6-2-1-3-7-19)28-23-8-4-9-24(28)17-21(16-23)20-10-12-22(13-11-20)27-15-5-14-26-27/h1-3,5-7,10-16,23-24H,4,8-9,17-18H2. The second kappa shape index (κ2) is 8.19. The van der Waals surface area contributed by atoms with Gasteiger partial charge in [0.15, 0.2) is 0 Å². The van der Waals surface area contributed by atoms with Crippen LogP contribution in [0.1, 0.15) is 36.8 Å². The molecule has 5 nitrogen and oxygen atoms in total. The van der Waals surface area contributed by atoms with Crippen LogP contribution in [0.25, 0.3) is 11.3 Å². The van der Waals surface area contributed by atoms with Crippen LogP contribution in [-0.4, -0.2) is 32.9 Å². The molecule has 2 atom stereocenters. The number of amides is 1. The van der Waals surface area contributed by atoms with Crippen LogP contribution in [0.5, 0.6) is 0 Å². The molecule has 152 valence electrons. The second-order valence-electron chi connectivity index (χ2n) is 7.99. The van der Waals surface area contributed by atoms with E-state index in [1.54, 1.807) is 6.20 Å². The molecule has 5 rings (SSSR count). The maximum absolute atomic E-state index is 12.9. The third kappa shape index (κ3) is 3.75. The monoisotopic (exact) mass is 399 g/mol. The van der Waals surface area contributed by atoms with Crippen molar-refractivity contribution in [1.29, 1.82) is 0 Å². The topological polar surface area (TPSA) is 47.4 Å². The lowest BCUT2D eigenvalue weighted by atomic mass is 9.83. The first-order valence-corrected chi connectivity index (χ1v) is 10.6. The summed E-state index contributed by atoms with van der Waals surface area (Å²) in [4.78, 5) is 14.8. The van der Waals surface area contributed by atoms with Gasteiger partial charge in [-0.1, -0.05) is 48.5 Å². The largest absolute Gasteiger partial charge is 0.445 e. The number of fused-ring (bicyclic) bond motifs is 2. The Balaban J connectivity index is 1.31. The van der Waals surface area contributed by atoms with E-state index in [4.69, 9.17) is 4.74 Å². The van der Waals surface area contributed by atoms with E-state index in [0.29, 0.717) is 6.61 Å². The Bertz CT molecular complexity index is 1030. The van der Waals surface area contributed by atoms with Gasteiger partial charge in [0.05, 0.1) is 11.7 Å². The smallest absolute Gasteiger partial charge is 0.410 e. The highest BCUT2D eigenvalue weighted by Crippen LogP contribution is 2.37. The molecule has 1 saturated heterocycles. The van der Waals surface area contributed by atoms with E-state index in [-0.39, 0.29) is 18.2 Å². The molecule has 3 heterocycles. The summed E-state index contributed by atoms with van der Waals surface area (Å²) >= 11 is 0. The number of ether oxygens (including phenoxy) is 1. The van der Waals surface area contributed by atoms with Crippen molar-refractivity contribution in [1.82, 2.24) is 14.7 Å². The Hall–Kier alpha value is -3.34. The number of hydrogen-bond donors (Lipinski definition) is 0. The number of benzene rings is 2. The van der Waals surface area contributed by atoms with Gasteiger partial charge in [-0.3, -0.25) is 4.90 Å². The van der Waals surface area contributed by atoms with E-state index in [1.807, 2.05) is 52.2 Å². The van der Waals surface area contributed by atoms with Crippen LogP contribution in [-0.2, 0) is 11.3 Å². The highest BCUT2D eigenvalue weighted by atomic mass is 16.6. The Morgan fingerprint density at radius 2 is 1.87 bits per heavy atom. The summed E-state index contributed by atoms with van der Waals surface area (Å²) in [5.74, 6) is 0. The number of piperidine rings is 1. The van der Waals surface area contributed by atoms with Gasteiger partial charge in [0.2, 0.25) is 0 Å². The zero-order valence-electron chi connectivity index (χ0n) is 16.9. The number of carbonyl (C=O) groups is 1. The van der Waals surface area contributed by atoms with E-state index in [1.165, 1.54) is 11.1 Å². The first-order valence-electron chi connectivity index (χ1n) is 10.6. The molecule has 2 aromatic carbocycles. The molecule has 0 radical (unpaired) electrons. The van der Waals surface area contributed by atoms with Crippen molar-refractivity contribution in [3.63, 3.8) is 0 Å². The Morgan fingerprint density at radius 3 is 2.60 bits per heavy atom. The van der Waals surface area contributed by atoms with Crippen LogP contribution >= 0.6 is 0 Å². The third-order valence-corrected chi connectivity index (χ3v) is 6.06. The van der Waals surface area contributed by atoms with Gasteiger partial charge < -0.3 is 4.74 Å². The minimum absolute atomic E-state index is 0.113. The Kier molecular flexibility index (Phi) is 5.10. The number of carbonyl (C=O) groups excluding carboxylic acids is 1. The molecule has 0 saturated carbocycles. The zero-order chi connectivity index (χ0) is 20.3. The van der Waals surface area contributed by atoms with Gasteiger partial charge in [-0.15, -0.1) is 0 Å². The zero-order valence-corrected chi connectivity index (χ0v) is 16.9. The minimum Gasteiger partial charge on any atom is -0.445 e. The van der Waals surface area contributed by atoms with Crippen molar-refractivity contribution in [2.75, 3.05) is 0 Å². The van der Waals surface area contributed by atoms with E-state index in [2.05, 4.69) is 35.4 Å². The molecule has 0 spiro atoms. The predicted molar refractivity (Wildman–Crippen MR) is 116 cm³/mol. The lowest BCUT2D eigenvalue weighted by molar-refractivity contribution is 0.0510. The molecule has 1 amide bonds. The maximum atomic E-state index is 12.9. The Labute approximate surface area is 176 Å². The average Bonchev–Trinajstić information content (AvgIpc) is 3.32. The number of rotatable bonds is 4. The quantitative estimate of drug-likeness (QED) is 0.604. The predicted octanol–water partition coefficient (Wildman–Crippen LogP) is 5.22. The van der Waals surface area contributed by atoms with Gasteiger partial charge in [-0.25, -0.2) is 9.48 Å². The molecule has 1 fully saturated rings. The van der Waals surface area contributed by atoms with Crippen molar-refractivity contribution < 1.29 is 9.53 Å². The molecule has 2 bridgehead atoms. The minimum atomic E-state index is -0.196. The van der Waals surface area contributed by atoms with Crippen LogP contribution in [0, 0.1) is 0 Å². The highest BCUT2D eigenvalue weighted by molar-refractivity contribution is 5.74. The summed E-state index contributed by atoms with van der Waals surface area (Å²) in [6.07, 6.45) is 9.84. The van der Waals surface area contributed by atoms with Gasteiger partial charge in [0.25, 0.3) is 0 Å². The van der Waals surface area contributed by atoms with Crippen molar-refractivity contribution in [2.45, 2.75) is 44.4 Å². The molecule has 2 unspecified atom stereocenters. The van der Waals surface area contributed by atoms with Gasteiger partial charge in [-0.2, -0.15) is 5.10 Å². The summed E-state index contributed by atoms with van der Waals surface area (Å²) in [6, 6.07) is 20.6. The average molecular weight is 399 g/mol. The summed E-state index contributed by atoms with van der Waals surface area (Å²) in [5, 5.41) is 4.29. The van der Waals surface area contributed by atoms with Crippen molar-refractivity contribution in [2.24, 2.45) is 0 Å². The lowest BCUT2D eigenvalue weighted by Crippen LogP contribution is -2.51. The van der Waals surface area contributed by atoms with Crippen molar-refractivity contribution in [3.8, 4) is 5.69 Å². The first-order chi connectivity index (χ1) is 14.8. The van der Waals surface area contributed by atoms with Crippen molar-refractivity contribution in [3.05, 3.63) is 90.3 Å². The van der Waals surface area contributed by atoms with Crippen LogP contribution in [0.4, 0.5) is 4.79 Å². The third-order valence-electron chi connectivity index (χ3n) is 6.06. The van der Waals surface area contributed by atoms with Crippen molar-refractivity contribution >= 4 is 11.7 Å². The summed E-state index contributed by atoms with van der Waals surface area (Å²) in [7, 11) is 0. The Morgan fingerprint density at radius 1 is 1.03 bits per heavy atom. The van der Waals surface area contributed by atoms with Crippen LogP contribution < -0.4 is 0 Å². The number of nitrogens with zero attached hydrogens (tertiary/aromatic N) is 3. The van der Waals surface area contributed by atoms with Gasteiger partial charge in [-0.05, 0) is 60.6 Å². The van der Waals surface area contributed by atoms with E-state index in [9.17, 15) is 4.79 Å². The van der Waals surface area contributed by atoms with E-state index < -0.39 is 0 Å². The molecule has 30 heavy (non-hydrogen) atoms. The molecular formula is C25H25N3O2. The van der Waals surface area contributed by atoms with Gasteiger partial charge in [0.1, 0.15) is 6.61 Å². The van der Waals surface area contributed by atoms with Crippen LogP contribution in [0.2, 0.25) is 0 Å². The normalized spacial score (nSPS) is 20.5. The van der Waals surface area contributed by atoms with Crippen LogP contribution in [0.15, 0.2) is 79.1 Å². The lowest BCUT2D eigenvalue weighted by Gasteiger charge is -2.44. The molecule has 2 aliphatic heterocycles. The second-order valence-corrected chi connectivity index (χ2v) is 7.99. The molecule has 3 aromatic rings.